The Hall–Kier alpha value is -1.25. The Morgan fingerprint density at radius 2 is 2.26 bits per heavy atom. The number of carbonyl (C=O) groups is 1. The maximum atomic E-state index is 11.6. The van der Waals surface area contributed by atoms with E-state index in [0.717, 1.165) is 0 Å². The van der Waals surface area contributed by atoms with Crippen LogP contribution in [0.1, 0.15) is 0 Å². The SMILES string of the molecule is NC1=NC(=O)N(CC(CO)OCP(=O)(O)O)CC=C1. The summed E-state index contributed by atoms with van der Waals surface area (Å²) in [5, 5.41) is 9.07. The van der Waals surface area contributed by atoms with E-state index in [9.17, 15) is 9.36 Å². The van der Waals surface area contributed by atoms with Crippen LogP contribution in [0.4, 0.5) is 4.79 Å². The first-order chi connectivity index (χ1) is 8.81. The molecule has 0 saturated carbocycles. The predicted octanol–water partition coefficient (Wildman–Crippen LogP) is -1.15. The standard InChI is InChI=1S/C9H16N3O6P/c10-8-2-1-3-12(9(14)11-8)4-7(5-13)18-6-19(15,16)17/h1-2,7,13H,3-6H2,(H2,10,11,14)(H2,15,16,17). The third kappa shape index (κ3) is 5.95. The van der Waals surface area contributed by atoms with Crippen LogP contribution in [0.3, 0.4) is 0 Å². The molecule has 0 aliphatic carbocycles. The van der Waals surface area contributed by atoms with Crippen LogP contribution in [-0.4, -0.2) is 63.8 Å². The van der Waals surface area contributed by atoms with Gasteiger partial charge in [0.1, 0.15) is 12.2 Å². The lowest BCUT2D eigenvalue weighted by Gasteiger charge is -2.23. The van der Waals surface area contributed by atoms with Crippen molar-refractivity contribution in [2.45, 2.75) is 6.10 Å². The summed E-state index contributed by atoms with van der Waals surface area (Å²) in [7, 11) is -4.32. The van der Waals surface area contributed by atoms with Crippen molar-refractivity contribution in [3.8, 4) is 0 Å². The van der Waals surface area contributed by atoms with Crippen LogP contribution in [-0.2, 0) is 9.30 Å². The molecule has 5 N–H and O–H groups in total. The van der Waals surface area contributed by atoms with Crippen LogP contribution < -0.4 is 5.73 Å². The van der Waals surface area contributed by atoms with Gasteiger partial charge in [-0.2, -0.15) is 4.99 Å². The lowest BCUT2D eigenvalue weighted by atomic mass is 10.3. The Morgan fingerprint density at radius 3 is 2.84 bits per heavy atom. The fourth-order valence-electron chi connectivity index (χ4n) is 1.36. The molecule has 9 nitrogen and oxygen atoms in total. The highest BCUT2D eigenvalue weighted by atomic mass is 31.2. The van der Waals surface area contributed by atoms with Crippen LogP contribution in [0.2, 0.25) is 0 Å². The average Bonchev–Trinajstić information content (AvgIpc) is 2.45. The first kappa shape index (κ1) is 15.8. The zero-order chi connectivity index (χ0) is 14.5. The van der Waals surface area contributed by atoms with E-state index < -0.39 is 32.7 Å². The number of amides is 2. The molecule has 0 bridgehead atoms. The van der Waals surface area contributed by atoms with Gasteiger partial charge in [-0.15, -0.1) is 0 Å². The number of rotatable bonds is 6. The zero-order valence-electron chi connectivity index (χ0n) is 10.0. The minimum Gasteiger partial charge on any atom is -0.394 e. The van der Waals surface area contributed by atoms with E-state index in [1.54, 1.807) is 6.08 Å². The molecule has 19 heavy (non-hydrogen) atoms. The molecule has 1 unspecified atom stereocenters. The molecule has 2 amide bonds. The number of urea groups is 1. The number of hydrogen-bond donors (Lipinski definition) is 4. The van der Waals surface area contributed by atoms with Crippen molar-refractivity contribution in [1.82, 2.24) is 4.90 Å². The molecule has 0 aromatic rings. The lowest BCUT2D eigenvalue weighted by molar-refractivity contribution is 0.0158. The molecule has 0 aromatic heterocycles. The monoisotopic (exact) mass is 293 g/mol. The molecule has 0 saturated heterocycles. The third-order valence-electron chi connectivity index (χ3n) is 2.22. The summed E-state index contributed by atoms with van der Waals surface area (Å²) < 4.78 is 15.5. The summed E-state index contributed by atoms with van der Waals surface area (Å²) in [6.45, 7) is -0.304. The number of hydrogen-bond acceptors (Lipinski definition) is 5. The molecule has 0 radical (unpaired) electrons. The lowest BCUT2D eigenvalue weighted by Crippen LogP contribution is -2.39. The van der Waals surface area contributed by atoms with E-state index >= 15 is 0 Å². The van der Waals surface area contributed by atoms with E-state index in [1.165, 1.54) is 11.0 Å². The van der Waals surface area contributed by atoms with Gasteiger partial charge in [-0.3, -0.25) is 4.57 Å². The quantitative estimate of drug-likeness (QED) is 0.452. The first-order valence-electron chi connectivity index (χ1n) is 5.38. The Bertz CT molecular complexity index is 432. The number of carbonyl (C=O) groups excluding carboxylic acids is 1. The van der Waals surface area contributed by atoms with Gasteiger partial charge in [0.15, 0.2) is 0 Å². The highest BCUT2D eigenvalue weighted by Gasteiger charge is 2.22. The largest absolute Gasteiger partial charge is 0.394 e. The van der Waals surface area contributed by atoms with Crippen LogP contribution in [0.25, 0.3) is 0 Å². The van der Waals surface area contributed by atoms with Crippen LogP contribution in [0.5, 0.6) is 0 Å². The molecule has 1 aliphatic heterocycles. The highest BCUT2D eigenvalue weighted by molar-refractivity contribution is 7.51. The number of nitrogens with zero attached hydrogens (tertiary/aromatic N) is 2. The minimum absolute atomic E-state index is 0.0452. The number of aliphatic hydroxyl groups is 1. The van der Waals surface area contributed by atoms with Crippen molar-refractivity contribution in [3.05, 3.63) is 12.2 Å². The summed E-state index contributed by atoms with van der Waals surface area (Å²) in [5.74, 6) is 0.0733. The molecule has 1 rings (SSSR count). The van der Waals surface area contributed by atoms with Crippen molar-refractivity contribution < 1.29 is 29.0 Å². The fraction of sp³-hybridized carbons (Fsp3) is 0.556. The van der Waals surface area contributed by atoms with Crippen LogP contribution >= 0.6 is 7.60 Å². The van der Waals surface area contributed by atoms with Gasteiger partial charge in [0.2, 0.25) is 0 Å². The molecule has 1 atom stereocenters. The topological polar surface area (TPSA) is 146 Å². The second-order valence-electron chi connectivity index (χ2n) is 3.89. The zero-order valence-corrected chi connectivity index (χ0v) is 10.9. The molecular formula is C9H16N3O6P. The molecule has 0 aromatic carbocycles. The average molecular weight is 293 g/mol. The summed E-state index contributed by atoms with van der Waals surface area (Å²) in [6.07, 6.45) is 1.37. The van der Waals surface area contributed by atoms with E-state index in [0.29, 0.717) is 0 Å². The molecule has 0 spiro atoms. The molecule has 108 valence electrons. The number of ether oxygens (including phenoxy) is 1. The van der Waals surface area contributed by atoms with Crippen molar-refractivity contribution in [2.24, 2.45) is 10.7 Å². The number of nitrogens with two attached hydrogens (primary N) is 1. The van der Waals surface area contributed by atoms with Crippen LogP contribution in [0.15, 0.2) is 17.1 Å². The Balaban J connectivity index is 2.58. The van der Waals surface area contributed by atoms with Crippen molar-refractivity contribution in [3.63, 3.8) is 0 Å². The van der Waals surface area contributed by atoms with Gasteiger partial charge in [0.25, 0.3) is 0 Å². The van der Waals surface area contributed by atoms with Gasteiger partial charge in [0, 0.05) is 6.54 Å². The Kier molecular flexibility index (Phi) is 5.64. The molecular weight excluding hydrogens is 277 g/mol. The molecule has 0 fully saturated rings. The van der Waals surface area contributed by atoms with Crippen LogP contribution in [0, 0.1) is 0 Å². The van der Waals surface area contributed by atoms with Crippen molar-refractivity contribution >= 4 is 19.5 Å². The van der Waals surface area contributed by atoms with E-state index in [1.807, 2.05) is 0 Å². The Labute approximate surface area is 109 Å². The highest BCUT2D eigenvalue weighted by Crippen LogP contribution is 2.34. The van der Waals surface area contributed by atoms with E-state index in [2.05, 4.69) is 4.99 Å². The third-order valence-corrected chi connectivity index (χ3v) is 2.70. The normalized spacial score (nSPS) is 18.2. The molecule has 1 aliphatic rings. The van der Waals surface area contributed by atoms with Gasteiger partial charge in [-0.1, -0.05) is 6.08 Å². The number of aliphatic hydroxyl groups excluding tert-OH is 1. The van der Waals surface area contributed by atoms with Gasteiger partial charge >= 0.3 is 13.6 Å². The second-order valence-corrected chi connectivity index (χ2v) is 5.48. The maximum absolute atomic E-state index is 11.6. The summed E-state index contributed by atoms with van der Waals surface area (Å²) in [4.78, 5) is 33.8. The number of amidine groups is 1. The molecule has 10 heteroatoms. The van der Waals surface area contributed by atoms with Crippen molar-refractivity contribution in [1.29, 1.82) is 0 Å². The summed E-state index contributed by atoms with van der Waals surface area (Å²) in [5.41, 5.74) is 5.40. The first-order valence-corrected chi connectivity index (χ1v) is 7.18. The fourth-order valence-corrected chi connectivity index (χ4v) is 1.77. The summed E-state index contributed by atoms with van der Waals surface area (Å²) in [6, 6.07) is -0.597. The minimum atomic E-state index is -4.32. The Morgan fingerprint density at radius 1 is 1.58 bits per heavy atom. The summed E-state index contributed by atoms with van der Waals surface area (Å²) >= 11 is 0. The van der Waals surface area contributed by atoms with Gasteiger partial charge in [0.05, 0.1) is 19.3 Å². The molecule has 1 heterocycles. The van der Waals surface area contributed by atoms with E-state index in [4.69, 9.17) is 25.4 Å². The van der Waals surface area contributed by atoms with E-state index in [-0.39, 0.29) is 18.9 Å². The smallest absolute Gasteiger partial charge is 0.350 e. The number of aliphatic imine (C=N–C) groups is 1. The predicted molar refractivity (Wildman–Crippen MR) is 66.6 cm³/mol. The maximum Gasteiger partial charge on any atom is 0.350 e. The van der Waals surface area contributed by atoms with Gasteiger partial charge < -0.3 is 30.3 Å². The van der Waals surface area contributed by atoms with Gasteiger partial charge in [-0.25, -0.2) is 4.79 Å². The van der Waals surface area contributed by atoms with Crippen molar-refractivity contribution in [2.75, 3.05) is 26.0 Å². The second kappa shape index (κ2) is 6.78. The van der Waals surface area contributed by atoms with Gasteiger partial charge in [-0.05, 0) is 6.08 Å².